The summed E-state index contributed by atoms with van der Waals surface area (Å²) >= 11 is 0.943. The molecule has 23 heavy (non-hydrogen) atoms. The number of anilines is 1. The highest BCUT2D eigenvalue weighted by atomic mass is 32.1. The Morgan fingerprint density at radius 3 is 2.57 bits per heavy atom. The third-order valence-electron chi connectivity index (χ3n) is 3.70. The Morgan fingerprint density at radius 2 is 2.00 bits per heavy atom. The van der Waals surface area contributed by atoms with Crippen LogP contribution in [0.2, 0.25) is 0 Å². The van der Waals surface area contributed by atoms with Gasteiger partial charge in [0, 0.05) is 24.2 Å². The van der Waals surface area contributed by atoms with Crippen molar-refractivity contribution in [3.8, 4) is 10.4 Å². The van der Waals surface area contributed by atoms with Crippen molar-refractivity contribution in [1.29, 1.82) is 0 Å². The summed E-state index contributed by atoms with van der Waals surface area (Å²) in [6.45, 7) is 4.50. The van der Waals surface area contributed by atoms with E-state index in [2.05, 4.69) is 9.59 Å². The standard InChI is InChI=1S/C15H15F2N3O2S/c1-8-5-20(6-9(2)22-8)15-10(7-21)3-11(13(16)14(15)17)12-4-18-19-23-12/h3-4,7-9H,5-6H2,1-2H3. The molecule has 0 spiro atoms. The van der Waals surface area contributed by atoms with Gasteiger partial charge in [-0.1, -0.05) is 4.49 Å². The van der Waals surface area contributed by atoms with Crippen LogP contribution in [-0.4, -0.2) is 41.2 Å². The van der Waals surface area contributed by atoms with Gasteiger partial charge in [0.25, 0.3) is 0 Å². The first kappa shape index (κ1) is 15.9. The molecule has 2 unspecified atom stereocenters. The number of benzene rings is 1. The van der Waals surface area contributed by atoms with Gasteiger partial charge in [-0.15, -0.1) is 5.10 Å². The maximum Gasteiger partial charge on any atom is 0.183 e. The van der Waals surface area contributed by atoms with E-state index in [0.29, 0.717) is 24.3 Å². The third kappa shape index (κ3) is 2.96. The Morgan fingerprint density at radius 1 is 1.30 bits per heavy atom. The minimum atomic E-state index is -1.03. The minimum Gasteiger partial charge on any atom is -0.372 e. The summed E-state index contributed by atoms with van der Waals surface area (Å²) in [7, 11) is 0. The number of carbonyl (C=O) groups is 1. The molecule has 2 heterocycles. The third-order valence-corrected chi connectivity index (χ3v) is 4.40. The minimum absolute atomic E-state index is 0.00212. The van der Waals surface area contributed by atoms with Crippen molar-refractivity contribution in [3.63, 3.8) is 0 Å². The first-order valence-electron chi connectivity index (χ1n) is 7.16. The molecule has 2 aromatic rings. The van der Waals surface area contributed by atoms with E-state index in [1.807, 2.05) is 13.8 Å². The van der Waals surface area contributed by atoms with E-state index in [-0.39, 0.29) is 29.0 Å². The van der Waals surface area contributed by atoms with E-state index in [9.17, 15) is 13.6 Å². The molecule has 8 heteroatoms. The van der Waals surface area contributed by atoms with E-state index in [4.69, 9.17) is 4.74 Å². The van der Waals surface area contributed by atoms with Crippen LogP contribution in [0.3, 0.4) is 0 Å². The number of hydrogen-bond donors (Lipinski definition) is 0. The lowest BCUT2D eigenvalue weighted by Gasteiger charge is -2.37. The summed E-state index contributed by atoms with van der Waals surface area (Å²) in [4.78, 5) is 13.5. The smallest absolute Gasteiger partial charge is 0.183 e. The zero-order chi connectivity index (χ0) is 16.6. The molecule has 0 amide bonds. The van der Waals surface area contributed by atoms with Crippen molar-refractivity contribution in [2.75, 3.05) is 18.0 Å². The van der Waals surface area contributed by atoms with Gasteiger partial charge in [-0.2, -0.15) is 0 Å². The Kier molecular flexibility index (Phi) is 4.36. The molecule has 2 atom stereocenters. The van der Waals surface area contributed by atoms with Gasteiger partial charge in [-0.05, 0) is 31.4 Å². The summed E-state index contributed by atoms with van der Waals surface area (Å²) in [5.41, 5.74) is 0.0898. The van der Waals surface area contributed by atoms with Crippen molar-refractivity contribution in [3.05, 3.63) is 29.5 Å². The molecule has 122 valence electrons. The number of nitrogens with zero attached hydrogens (tertiary/aromatic N) is 3. The Bertz CT molecular complexity index is 714. The van der Waals surface area contributed by atoms with Crippen molar-refractivity contribution in [2.24, 2.45) is 0 Å². The van der Waals surface area contributed by atoms with Crippen molar-refractivity contribution in [1.82, 2.24) is 9.59 Å². The molecule has 0 N–H and O–H groups in total. The average Bonchev–Trinajstić information content (AvgIpc) is 3.02. The molecule has 1 aromatic carbocycles. The lowest BCUT2D eigenvalue weighted by Crippen LogP contribution is -2.46. The second-order valence-corrected chi connectivity index (χ2v) is 6.34. The van der Waals surface area contributed by atoms with Gasteiger partial charge in [0.1, 0.15) is 0 Å². The SMILES string of the molecule is CC1CN(c2c(C=O)cc(-c3cnns3)c(F)c2F)CC(C)O1. The van der Waals surface area contributed by atoms with Crippen LogP contribution in [0.5, 0.6) is 0 Å². The normalized spacial score (nSPS) is 21.5. The predicted molar refractivity (Wildman–Crippen MR) is 82.9 cm³/mol. The quantitative estimate of drug-likeness (QED) is 0.805. The molecule has 0 bridgehead atoms. The summed E-state index contributed by atoms with van der Waals surface area (Å²) < 4.78 is 38.4. The summed E-state index contributed by atoms with van der Waals surface area (Å²) in [6.07, 6.45) is 1.62. The van der Waals surface area contributed by atoms with Crippen molar-refractivity contribution in [2.45, 2.75) is 26.1 Å². The first-order chi connectivity index (χ1) is 11.0. The topological polar surface area (TPSA) is 55.3 Å². The molecule has 5 nitrogen and oxygen atoms in total. The van der Waals surface area contributed by atoms with E-state index < -0.39 is 11.6 Å². The van der Waals surface area contributed by atoms with Crippen LogP contribution in [0.4, 0.5) is 14.5 Å². The van der Waals surface area contributed by atoms with E-state index in [0.717, 1.165) is 11.5 Å². The number of carbonyl (C=O) groups excluding carboxylic acids is 1. The van der Waals surface area contributed by atoms with Gasteiger partial charge in [-0.25, -0.2) is 8.78 Å². The van der Waals surface area contributed by atoms with Crippen molar-refractivity contribution < 1.29 is 18.3 Å². The molecule has 1 fully saturated rings. The van der Waals surface area contributed by atoms with Crippen LogP contribution in [0.1, 0.15) is 24.2 Å². The maximum atomic E-state index is 14.7. The van der Waals surface area contributed by atoms with Gasteiger partial charge in [0.05, 0.1) is 29.0 Å². The molecule has 3 rings (SSSR count). The molecule has 0 aliphatic carbocycles. The zero-order valence-electron chi connectivity index (χ0n) is 12.6. The second-order valence-electron chi connectivity index (χ2n) is 5.55. The molecule has 1 saturated heterocycles. The molecular weight excluding hydrogens is 324 g/mol. The van der Waals surface area contributed by atoms with E-state index in [1.165, 1.54) is 12.3 Å². The molecule has 1 aliphatic heterocycles. The summed E-state index contributed by atoms with van der Waals surface area (Å²) in [5, 5.41) is 3.62. The highest BCUT2D eigenvalue weighted by Crippen LogP contribution is 2.35. The summed E-state index contributed by atoms with van der Waals surface area (Å²) in [5.74, 6) is -2.03. The van der Waals surface area contributed by atoms with Crippen LogP contribution >= 0.6 is 11.5 Å². The molecule has 0 radical (unpaired) electrons. The number of aromatic nitrogens is 2. The maximum absolute atomic E-state index is 14.7. The van der Waals surface area contributed by atoms with E-state index in [1.54, 1.807) is 4.90 Å². The number of rotatable bonds is 3. The summed E-state index contributed by atoms with van der Waals surface area (Å²) in [6, 6.07) is 1.35. The fourth-order valence-electron chi connectivity index (χ4n) is 2.87. The number of ether oxygens (including phenoxy) is 1. The highest BCUT2D eigenvalue weighted by molar-refractivity contribution is 7.09. The molecule has 1 aromatic heterocycles. The Balaban J connectivity index is 2.10. The fourth-order valence-corrected chi connectivity index (χ4v) is 3.40. The van der Waals surface area contributed by atoms with Gasteiger partial charge < -0.3 is 9.64 Å². The number of hydrogen-bond acceptors (Lipinski definition) is 6. The predicted octanol–water partition coefficient (Wildman–Crippen LogP) is 2.91. The fraction of sp³-hybridized carbons (Fsp3) is 0.400. The average molecular weight is 339 g/mol. The molecular formula is C15H15F2N3O2S. The van der Waals surface area contributed by atoms with Crippen LogP contribution < -0.4 is 4.90 Å². The van der Waals surface area contributed by atoms with Crippen LogP contribution in [0, 0.1) is 11.6 Å². The first-order valence-corrected chi connectivity index (χ1v) is 7.94. The zero-order valence-corrected chi connectivity index (χ0v) is 13.4. The van der Waals surface area contributed by atoms with E-state index >= 15 is 0 Å². The monoisotopic (exact) mass is 339 g/mol. The molecule has 0 saturated carbocycles. The van der Waals surface area contributed by atoms with Gasteiger partial charge >= 0.3 is 0 Å². The van der Waals surface area contributed by atoms with Gasteiger partial charge in [0.15, 0.2) is 17.9 Å². The second kappa shape index (κ2) is 6.29. The number of aldehydes is 1. The lowest BCUT2D eigenvalue weighted by atomic mass is 10.0. The largest absolute Gasteiger partial charge is 0.372 e. The van der Waals surface area contributed by atoms with Crippen LogP contribution in [0.15, 0.2) is 12.3 Å². The van der Waals surface area contributed by atoms with Crippen LogP contribution in [0.25, 0.3) is 10.4 Å². The van der Waals surface area contributed by atoms with Gasteiger partial charge in [0.2, 0.25) is 0 Å². The van der Waals surface area contributed by atoms with Crippen molar-refractivity contribution >= 4 is 23.5 Å². The lowest BCUT2D eigenvalue weighted by molar-refractivity contribution is -0.00546. The van der Waals surface area contributed by atoms with Gasteiger partial charge in [-0.3, -0.25) is 4.79 Å². The Hall–Kier alpha value is -1.93. The molecule has 1 aliphatic rings. The number of halogens is 2. The highest BCUT2D eigenvalue weighted by Gasteiger charge is 2.29. The number of morpholine rings is 1. The van der Waals surface area contributed by atoms with Crippen LogP contribution in [-0.2, 0) is 4.74 Å². The Labute approximate surface area is 136 Å².